The molecule has 2 unspecified atom stereocenters. The molecule has 0 N–H and O–H groups in total. The summed E-state index contributed by atoms with van der Waals surface area (Å²) in [6.07, 6.45) is 65.9. The van der Waals surface area contributed by atoms with Gasteiger partial charge in [-0.05, 0) is 44.9 Å². The summed E-state index contributed by atoms with van der Waals surface area (Å²) in [4.78, 5) is 37.0. The largest absolute Gasteiger partial charge is 0.545 e. The van der Waals surface area contributed by atoms with Gasteiger partial charge < -0.3 is 33.3 Å². The van der Waals surface area contributed by atoms with Crippen LogP contribution in [-0.2, 0) is 33.3 Å². The molecule has 0 rings (SSSR count). The molecular weight excluding hydrogens is 923 g/mol. The molecule has 0 saturated heterocycles. The number of carboxylic acid groups (broad SMARTS) is 1. The van der Waals surface area contributed by atoms with E-state index in [9.17, 15) is 19.5 Å². The molecule has 0 fully saturated rings. The quantitative estimate of drug-likeness (QED) is 0.0195. The number of carboxylic acids is 1. The minimum absolute atomic E-state index is 0.152. The minimum Gasteiger partial charge on any atom is -0.545 e. The second-order valence-corrected chi connectivity index (χ2v) is 23.1. The highest BCUT2D eigenvalue weighted by Gasteiger charge is 2.22. The van der Waals surface area contributed by atoms with E-state index in [0.29, 0.717) is 17.4 Å². The molecule has 9 nitrogen and oxygen atoms in total. The molecule has 0 aliphatic rings. The molecule has 436 valence electrons. The second-order valence-electron chi connectivity index (χ2n) is 23.1. The van der Waals surface area contributed by atoms with E-state index < -0.39 is 24.3 Å². The van der Waals surface area contributed by atoms with Gasteiger partial charge in [-0.25, -0.2) is 0 Å². The minimum atomic E-state index is -1.61. The van der Waals surface area contributed by atoms with E-state index in [-0.39, 0.29) is 32.2 Å². The van der Waals surface area contributed by atoms with Gasteiger partial charge in [0, 0.05) is 12.8 Å². The topological polar surface area (TPSA) is 111 Å². The summed E-state index contributed by atoms with van der Waals surface area (Å²) in [7, 11) is 5.92. The van der Waals surface area contributed by atoms with E-state index in [4.69, 9.17) is 18.9 Å². The third-order valence-corrected chi connectivity index (χ3v) is 14.5. The van der Waals surface area contributed by atoms with Gasteiger partial charge in [-0.15, -0.1) is 0 Å². The highest BCUT2D eigenvalue weighted by Crippen LogP contribution is 2.18. The predicted molar refractivity (Wildman–Crippen MR) is 311 cm³/mol. The molecule has 9 heteroatoms. The Morgan fingerprint density at radius 1 is 0.405 bits per heavy atom. The first-order chi connectivity index (χ1) is 36.1. The molecular formula is C65H123NO8. The van der Waals surface area contributed by atoms with Crippen molar-refractivity contribution in [3.05, 3.63) is 24.3 Å². The molecule has 0 aromatic carbocycles. The molecule has 0 aromatic rings. The highest BCUT2D eigenvalue weighted by molar-refractivity contribution is 5.70. The van der Waals surface area contributed by atoms with Crippen molar-refractivity contribution >= 4 is 17.9 Å². The fraction of sp³-hybridized carbons (Fsp3) is 0.892. The zero-order valence-electron chi connectivity index (χ0n) is 49.7. The number of carbonyl (C=O) groups is 3. The molecule has 0 saturated carbocycles. The number of aliphatic carboxylic acids is 1. The normalized spacial score (nSPS) is 12.8. The molecule has 0 radical (unpaired) electrons. The van der Waals surface area contributed by atoms with E-state index in [1.165, 1.54) is 244 Å². The number of likely N-dealkylation sites (N-methyl/N-ethyl adjacent to an activating group) is 1. The van der Waals surface area contributed by atoms with Gasteiger partial charge in [0.05, 0.1) is 40.3 Å². The van der Waals surface area contributed by atoms with Crippen LogP contribution in [0.3, 0.4) is 0 Å². The summed E-state index contributed by atoms with van der Waals surface area (Å²) in [6.45, 7) is 4.74. The van der Waals surface area contributed by atoms with Gasteiger partial charge in [0.15, 0.2) is 12.4 Å². The van der Waals surface area contributed by atoms with Crippen molar-refractivity contribution in [2.45, 2.75) is 328 Å². The number of unbranched alkanes of at least 4 members (excludes halogenated alkanes) is 41. The van der Waals surface area contributed by atoms with Crippen LogP contribution < -0.4 is 5.11 Å². The van der Waals surface area contributed by atoms with Gasteiger partial charge in [-0.2, -0.15) is 0 Å². The van der Waals surface area contributed by atoms with E-state index in [1.807, 2.05) is 21.1 Å². The summed E-state index contributed by atoms with van der Waals surface area (Å²) in [5.74, 6) is -2.27. The SMILES string of the molecule is CCCCCCC/C=C\C/C=C\CCCCCCCCCCCCCCCCCCCCCCCCCCCCCCCC(=O)OC(COC(=O)CCCCCCCCCC)COC(OCC[N+](C)(C)C)C(=O)[O-]. The number of carbonyl (C=O) groups excluding carboxylic acids is 3. The van der Waals surface area contributed by atoms with Crippen LogP contribution in [0.1, 0.15) is 316 Å². The van der Waals surface area contributed by atoms with Crippen molar-refractivity contribution in [2.75, 3.05) is 47.5 Å². The first-order valence-corrected chi connectivity index (χ1v) is 32.0. The average molecular weight is 1050 g/mol. The lowest BCUT2D eigenvalue weighted by Crippen LogP contribution is -2.44. The molecule has 0 amide bonds. The number of hydrogen-bond donors (Lipinski definition) is 0. The molecule has 0 aromatic heterocycles. The van der Waals surface area contributed by atoms with Gasteiger partial charge in [0.25, 0.3) is 0 Å². The van der Waals surface area contributed by atoms with Crippen molar-refractivity contribution in [2.24, 2.45) is 0 Å². The third kappa shape index (κ3) is 57.5. The van der Waals surface area contributed by atoms with Crippen LogP contribution in [0.5, 0.6) is 0 Å². The fourth-order valence-corrected chi connectivity index (χ4v) is 9.51. The number of nitrogens with zero attached hydrogens (tertiary/aromatic N) is 1. The molecule has 0 spiro atoms. The standard InChI is InChI=1S/C65H123NO8/c1-6-8-10-12-14-16-17-18-19-20-21-22-23-24-25-26-27-28-29-30-31-32-33-34-35-36-37-38-39-40-41-42-43-44-45-46-47-48-50-52-54-56-63(68)74-61(60-73-65(64(69)70)71-58-57-66(3,4)5)59-72-62(67)55-53-51-49-15-13-11-9-7-2/h17-18,20-21,61,65H,6-16,19,22-60H2,1-5H3/b18-17-,21-20-. The van der Waals surface area contributed by atoms with Crippen LogP contribution in [0.15, 0.2) is 24.3 Å². The Kier molecular flexibility index (Phi) is 55.2. The summed E-state index contributed by atoms with van der Waals surface area (Å²) in [5.41, 5.74) is 0. The van der Waals surface area contributed by atoms with E-state index in [1.54, 1.807) is 0 Å². The maximum atomic E-state index is 12.8. The summed E-state index contributed by atoms with van der Waals surface area (Å²) < 4.78 is 22.6. The highest BCUT2D eigenvalue weighted by atomic mass is 16.7. The van der Waals surface area contributed by atoms with E-state index >= 15 is 0 Å². The Hall–Kier alpha value is -2.23. The first kappa shape index (κ1) is 71.8. The van der Waals surface area contributed by atoms with Crippen LogP contribution in [0.4, 0.5) is 0 Å². The van der Waals surface area contributed by atoms with Gasteiger partial charge in [-0.3, -0.25) is 9.59 Å². The molecule has 0 aliphatic carbocycles. The number of quaternary nitrogens is 1. The predicted octanol–water partition coefficient (Wildman–Crippen LogP) is 17.7. The van der Waals surface area contributed by atoms with Gasteiger partial charge in [0.2, 0.25) is 0 Å². The lowest BCUT2D eigenvalue weighted by Gasteiger charge is -2.26. The van der Waals surface area contributed by atoms with Gasteiger partial charge in [-0.1, -0.05) is 282 Å². The molecule has 2 atom stereocenters. The van der Waals surface area contributed by atoms with Crippen LogP contribution >= 0.6 is 0 Å². The smallest absolute Gasteiger partial charge is 0.306 e. The van der Waals surface area contributed by atoms with Crippen molar-refractivity contribution in [1.82, 2.24) is 0 Å². The molecule has 0 aliphatic heterocycles. The van der Waals surface area contributed by atoms with Gasteiger partial charge >= 0.3 is 11.9 Å². The lowest BCUT2D eigenvalue weighted by molar-refractivity contribution is -0.870. The fourth-order valence-electron chi connectivity index (χ4n) is 9.51. The molecule has 0 heterocycles. The number of allylic oxidation sites excluding steroid dienone is 4. The molecule has 74 heavy (non-hydrogen) atoms. The molecule has 0 bridgehead atoms. The maximum absolute atomic E-state index is 12.8. The zero-order chi connectivity index (χ0) is 54.1. The average Bonchev–Trinajstić information content (AvgIpc) is 3.37. The van der Waals surface area contributed by atoms with E-state index in [0.717, 1.165) is 44.9 Å². The number of esters is 2. The Labute approximate surface area is 458 Å². The number of hydrogen-bond acceptors (Lipinski definition) is 8. The van der Waals surface area contributed by atoms with E-state index in [2.05, 4.69) is 38.2 Å². The Bertz CT molecular complexity index is 1260. The van der Waals surface area contributed by atoms with Crippen LogP contribution in [0, 0.1) is 0 Å². The number of ether oxygens (including phenoxy) is 4. The first-order valence-electron chi connectivity index (χ1n) is 32.0. The Balaban J connectivity index is 3.78. The summed E-state index contributed by atoms with van der Waals surface area (Å²) in [6, 6.07) is 0. The summed E-state index contributed by atoms with van der Waals surface area (Å²) in [5, 5.41) is 11.7. The van der Waals surface area contributed by atoms with Crippen LogP contribution in [0.2, 0.25) is 0 Å². The van der Waals surface area contributed by atoms with Crippen molar-refractivity contribution in [1.29, 1.82) is 0 Å². The Morgan fingerprint density at radius 3 is 1.07 bits per heavy atom. The second kappa shape index (κ2) is 57.0. The van der Waals surface area contributed by atoms with Crippen LogP contribution in [-0.4, -0.2) is 82.3 Å². The third-order valence-electron chi connectivity index (χ3n) is 14.5. The van der Waals surface area contributed by atoms with Crippen molar-refractivity contribution < 1.29 is 42.9 Å². The van der Waals surface area contributed by atoms with Crippen molar-refractivity contribution in [3.8, 4) is 0 Å². The van der Waals surface area contributed by atoms with Crippen molar-refractivity contribution in [3.63, 3.8) is 0 Å². The van der Waals surface area contributed by atoms with Gasteiger partial charge in [0.1, 0.15) is 13.2 Å². The monoisotopic (exact) mass is 1050 g/mol. The summed E-state index contributed by atoms with van der Waals surface area (Å²) >= 11 is 0. The lowest BCUT2D eigenvalue weighted by atomic mass is 10.0. The number of rotatable bonds is 60. The Morgan fingerprint density at radius 2 is 0.730 bits per heavy atom. The zero-order valence-corrected chi connectivity index (χ0v) is 49.7. The van der Waals surface area contributed by atoms with Crippen LogP contribution in [0.25, 0.3) is 0 Å². The maximum Gasteiger partial charge on any atom is 0.306 e.